The lowest BCUT2D eigenvalue weighted by molar-refractivity contribution is 0.0469. The van der Waals surface area contributed by atoms with Crippen LogP contribution >= 0.6 is 0 Å². The van der Waals surface area contributed by atoms with Crippen LogP contribution in [0.3, 0.4) is 0 Å². The summed E-state index contributed by atoms with van der Waals surface area (Å²) in [4.78, 5) is 5.46. The average molecular weight is 991 g/mol. The van der Waals surface area contributed by atoms with Gasteiger partial charge >= 0.3 is 0 Å². The van der Waals surface area contributed by atoms with Crippen LogP contribution in [0.4, 0.5) is 34.1 Å². The van der Waals surface area contributed by atoms with Crippen LogP contribution in [-0.2, 0) is 28.1 Å². The van der Waals surface area contributed by atoms with Crippen molar-refractivity contribution in [1.29, 1.82) is 0 Å². The molecular formula is C72H87BN2. The lowest BCUT2D eigenvalue weighted by atomic mass is 9.32. The van der Waals surface area contributed by atoms with Crippen molar-refractivity contribution < 1.29 is 0 Å². The van der Waals surface area contributed by atoms with Gasteiger partial charge in [-0.25, -0.2) is 0 Å². The summed E-state index contributed by atoms with van der Waals surface area (Å²) in [6, 6.07) is 47.3. The first-order valence-corrected chi connectivity index (χ1v) is 30.1. The lowest BCUT2D eigenvalue weighted by Crippen LogP contribution is -2.62. The summed E-state index contributed by atoms with van der Waals surface area (Å²) in [5.41, 5.74) is 24.1. The van der Waals surface area contributed by atoms with Crippen molar-refractivity contribution in [1.82, 2.24) is 0 Å². The zero-order valence-corrected chi connectivity index (χ0v) is 48.0. The summed E-state index contributed by atoms with van der Waals surface area (Å²) in [5, 5.41) is 0. The van der Waals surface area contributed by atoms with Gasteiger partial charge in [0.15, 0.2) is 0 Å². The van der Waals surface area contributed by atoms with E-state index in [0.29, 0.717) is 0 Å². The third kappa shape index (κ3) is 8.31. The zero-order valence-electron chi connectivity index (χ0n) is 48.0. The molecule has 0 aromatic heterocycles. The van der Waals surface area contributed by atoms with Crippen LogP contribution < -0.4 is 26.2 Å². The molecule has 75 heavy (non-hydrogen) atoms. The second-order valence-corrected chi connectivity index (χ2v) is 29.3. The third-order valence-corrected chi connectivity index (χ3v) is 21.4. The van der Waals surface area contributed by atoms with E-state index in [-0.39, 0.29) is 28.4 Å². The van der Waals surface area contributed by atoms with Gasteiger partial charge < -0.3 is 9.80 Å². The molecule has 5 unspecified atom stereocenters. The standard InChI is InChI=1S/C72H87BN2/c1-44-28-50-34-48(5)57(53(31-44)35-50)36-49-18-22-56(23-19-49)74-64-25-21-55(72-41-46(3)29-51(43-72)30-47(4)42-72)38-61(64)73-62-39-59-60(71(11,12)27-26-70(59,9)10)40-65(62)75(67-33-45(2)32-66(74)68(67)73)63-24-20-54(69(6,7)8)37-58(63)52-16-14-13-15-17-52/h13-25,32-33,37-40,44,46-48,50-51,53,57H,26-31,34-36,41-43H2,1-12H3/t44-,46-,47+,48+,50?,51?,53?,57?,72?/m1/s1. The first-order chi connectivity index (χ1) is 35.7. The van der Waals surface area contributed by atoms with E-state index < -0.39 is 0 Å². The van der Waals surface area contributed by atoms with Crippen LogP contribution in [0.1, 0.15) is 180 Å². The van der Waals surface area contributed by atoms with E-state index in [0.717, 1.165) is 47.3 Å². The molecule has 13 rings (SSSR count). The molecule has 5 aliphatic carbocycles. The highest BCUT2D eigenvalue weighted by Crippen LogP contribution is 2.56. The van der Waals surface area contributed by atoms with Gasteiger partial charge in [0.25, 0.3) is 6.71 Å². The summed E-state index contributed by atoms with van der Waals surface area (Å²) in [6.45, 7) is 29.8. The maximum absolute atomic E-state index is 2.80. The Hall–Kier alpha value is -5.02. The molecule has 6 aromatic rings. The smallest absolute Gasteiger partial charge is 0.252 e. The summed E-state index contributed by atoms with van der Waals surface area (Å²) in [7, 11) is 0. The number of hydrogen-bond donors (Lipinski definition) is 0. The van der Waals surface area contributed by atoms with Crippen molar-refractivity contribution in [2.24, 2.45) is 47.3 Å². The molecule has 0 radical (unpaired) electrons. The summed E-state index contributed by atoms with van der Waals surface area (Å²) >= 11 is 0. The highest BCUT2D eigenvalue weighted by Gasteiger charge is 2.50. The van der Waals surface area contributed by atoms with E-state index in [2.05, 4.69) is 208 Å². The first-order valence-electron chi connectivity index (χ1n) is 30.1. The Kier molecular flexibility index (Phi) is 11.7. The van der Waals surface area contributed by atoms with Crippen LogP contribution in [0, 0.1) is 54.3 Å². The minimum Gasteiger partial charge on any atom is -0.311 e. The van der Waals surface area contributed by atoms with Crippen LogP contribution in [0.15, 0.2) is 115 Å². The molecule has 0 saturated heterocycles. The van der Waals surface area contributed by atoms with Gasteiger partial charge in [0, 0.05) is 34.0 Å². The second kappa shape index (κ2) is 17.8. The molecule has 2 heterocycles. The molecule has 6 aromatic carbocycles. The Balaban J connectivity index is 1.06. The highest BCUT2D eigenvalue weighted by atomic mass is 15.2. The van der Waals surface area contributed by atoms with Gasteiger partial charge in [-0.3, -0.25) is 0 Å². The Morgan fingerprint density at radius 1 is 0.560 bits per heavy atom. The predicted octanol–water partition coefficient (Wildman–Crippen LogP) is 17.7. The fourth-order valence-electron chi connectivity index (χ4n) is 18.1. The lowest BCUT2D eigenvalue weighted by Gasteiger charge is -2.51. The summed E-state index contributed by atoms with van der Waals surface area (Å²) < 4.78 is 0. The quantitative estimate of drug-likeness (QED) is 0.153. The van der Waals surface area contributed by atoms with Gasteiger partial charge in [-0.05, 0) is 257 Å². The molecule has 3 heteroatoms. The molecule has 4 fully saturated rings. The maximum atomic E-state index is 2.80. The van der Waals surface area contributed by atoms with Crippen LogP contribution in [0.25, 0.3) is 11.1 Å². The number of hydrogen-bond acceptors (Lipinski definition) is 2. The number of benzene rings is 6. The normalized spacial score (nSPS) is 29.0. The molecule has 4 saturated carbocycles. The van der Waals surface area contributed by atoms with Crippen molar-refractivity contribution in [2.75, 3.05) is 9.80 Å². The van der Waals surface area contributed by atoms with Crippen molar-refractivity contribution in [3.8, 4) is 11.1 Å². The van der Waals surface area contributed by atoms with Crippen molar-refractivity contribution >= 4 is 57.2 Å². The third-order valence-electron chi connectivity index (χ3n) is 21.4. The van der Waals surface area contributed by atoms with Gasteiger partial charge in [-0.1, -0.05) is 143 Å². The minimum absolute atomic E-state index is 0.000447. The fourth-order valence-corrected chi connectivity index (χ4v) is 18.1. The topological polar surface area (TPSA) is 6.48 Å². The SMILES string of the molecule is Cc1cc2c3c(c1)N(c1ccc(C(C)(C)C)cc1-c1ccccc1)c1cc4c(cc1B3c1cc(C35CC(C[C@@H](C)C3)C[C@H](C)C5)ccc1N2c1ccc(CC2C3CC(C[C@@H](C)C3)C[C@@H]2C)cc1)C(C)(C)CCC4(C)C. The van der Waals surface area contributed by atoms with E-state index in [1.165, 1.54) is 161 Å². The van der Waals surface area contributed by atoms with Gasteiger partial charge in [0.2, 0.25) is 0 Å². The van der Waals surface area contributed by atoms with Gasteiger partial charge in [-0.15, -0.1) is 0 Å². The Morgan fingerprint density at radius 2 is 1.20 bits per heavy atom. The van der Waals surface area contributed by atoms with Gasteiger partial charge in [0.1, 0.15) is 0 Å². The van der Waals surface area contributed by atoms with Crippen molar-refractivity contribution in [3.05, 3.63) is 149 Å². The molecular weight excluding hydrogens is 904 g/mol. The van der Waals surface area contributed by atoms with E-state index in [9.17, 15) is 0 Å². The fraction of sp³-hybridized carbons (Fsp3) is 0.500. The molecule has 0 amide bonds. The van der Waals surface area contributed by atoms with Gasteiger partial charge in [-0.2, -0.15) is 0 Å². The Morgan fingerprint density at radius 3 is 1.89 bits per heavy atom. The molecule has 2 aliphatic heterocycles. The Bertz CT molecular complexity index is 3160. The molecule has 9 atom stereocenters. The number of rotatable bonds is 6. The highest BCUT2D eigenvalue weighted by molar-refractivity contribution is 7.00. The van der Waals surface area contributed by atoms with E-state index in [4.69, 9.17) is 0 Å². The molecule has 0 N–H and O–H groups in total. The monoisotopic (exact) mass is 991 g/mol. The number of nitrogens with zero attached hydrogens (tertiary/aromatic N) is 2. The minimum atomic E-state index is -0.000447. The molecule has 388 valence electrons. The average Bonchev–Trinajstić information content (AvgIpc) is 3.35. The molecule has 2 nitrogen and oxygen atoms in total. The van der Waals surface area contributed by atoms with Crippen molar-refractivity contribution in [3.63, 3.8) is 0 Å². The van der Waals surface area contributed by atoms with Crippen LogP contribution in [0.5, 0.6) is 0 Å². The number of fused-ring (bicyclic) bond motifs is 9. The largest absolute Gasteiger partial charge is 0.311 e. The van der Waals surface area contributed by atoms with Crippen molar-refractivity contribution in [2.45, 2.75) is 182 Å². The van der Waals surface area contributed by atoms with Crippen LogP contribution in [0.2, 0.25) is 0 Å². The van der Waals surface area contributed by atoms with E-state index in [1.54, 1.807) is 11.1 Å². The molecule has 7 aliphatic rings. The number of anilines is 6. The molecule has 0 spiro atoms. The molecule has 4 bridgehead atoms. The first kappa shape index (κ1) is 49.6. The van der Waals surface area contributed by atoms with E-state index >= 15 is 0 Å². The zero-order chi connectivity index (χ0) is 52.1. The number of aryl methyl sites for hydroxylation is 1. The van der Waals surface area contributed by atoms with Gasteiger partial charge in [0.05, 0.1) is 5.69 Å². The van der Waals surface area contributed by atoms with Crippen LogP contribution in [-0.4, -0.2) is 6.71 Å². The Labute approximate surface area is 453 Å². The van der Waals surface area contributed by atoms with E-state index in [1.807, 2.05) is 0 Å². The summed E-state index contributed by atoms with van der Waals surface area (Å²) in [6.07, 6.45) is 16.0. The predicted molar refractivity (Wildman–Crippen MR) is 322 cm³/mol. The second-order valence-electron chi connectivity index (χ2n) is 29.3. The summed E-state index contributed by atoms with van der Waals surface area (Å²) in [5.74, 6) is 6.59. The maximum Gasteiger partial charge on any atom is 0.252 e.